The van der Waals surface area contributed by atoms with Crippen molar-refractivity contribution in [3.8, 4) is 0 Å². The first-order valence-electron chi connectivity index (χ1n) is 9.77. The second kappa shape index (κ2) is 13.6. The van der Waals surface area contributed by atoms with Crippen LogP contribution in [0.2, 0.25) is 0 Å². The molecule has 0 unspecified atom stereocenters. The lowest BCUT2D eigenvalue weighted by Crippen LogP contribution is -2.17. The molecule has 0 radical (unpaired) electrons. The van der Waals surface area contributed by atoms with Gasteiger partial charge >= 0.3 is 0 Å². The molecule has 0 aliphatic heterocycles. The fourth-order valence-electron chi connectivity index (χ4n) is 3.35. The zero-order chi connectivity index (χ0) is 17.8. The van der Waals surface area contributed by atoms with Gasteiger partial charge in [0.25, 0.3) is 5.91 Å². The Labute approximate surface area is 162 Å². The van der Waals surface area contributed by atoms with Crippen LogP contribution >= 0.6 is 19.7 Å². The number of nitrogens with one attached hydrogen (secondary N) is 1. The highest BCUT2D eigenvalue weighted by Gasteiger charge is 2.35. The maximum absolute atomic E-state index is 11.7. The third-order valence-electron chi connectivity index (χ3n) is 4.92. The van der Waals surface area contributed by atoms with Crippen LogP contribution in [0.1, 0.15) is 75.2 Å². The summed E-state index contributed by atoms with van der Waals surface area (Å²) in [6, 6.07) is 8.34. The van der Waals surface area contributed by atoms with Gasteiger partial charge < -0.3 is 5.32 Å². The van der Waals surface area contributed by atoms with Crippen molar-refractivity contribution in [1.29, 1.82) is 0 Å². The molecule has 1 rings (SSSR count). The molecule has 1 aromatic carbocycles. The summed E-state index contributed by atoms with van der Waals surface area (Å²) >= 11 is 0. The molecule has 0 fully saturated rings. The van der Waals surface area contributed by atoms with E-state index in [9.17, 15) is 4.79 Å². The molecule has 0 heterocycles. The van der Waals surface area contributed by atoms with Crippen molar-refractivity contribution in [2.24, 2.45) is 0 Å². The molecule has 0 aliphatic carbocycles. The number of amides is 1. The minimum Gasteiger partial charge on any atom is -0.355 e. The van der Waals surface area contributed by atoms with E-state index < -0.39 is 7.26 Å². The predicted molar refractivity (Wildman–Crippen MR) is 117 cm³/mol. The average molecular weight is 387 g/mol. The van der Waals surface area contributed by atoms with Crippen LogP contribution < -0.4 is 5.32 Å². The lowest BCUT2D eigenvalue weighted by Gasteiger charge is -2.28. The second-order valence-electron chi connectivity index (χ2n) is 7.01. The number of halogens is 1. The van der Waals surface area contributed by atoms with Crippen LogP contribution in [0.5, 0.6) is 0 Å². The van der Waals surface area contributed by atoms with Crippen molar-refractivity contribution in [3.05, 3.63) is 35.4 Å². The third-order valence-corrected chi connectivity index (χ3v) is 9.75. The standard InChI is InChI=1S/C21H36NOP.ClH/c1-5-8-15-24(16-9-6-2,17-10-7-3)18-19-11-13-20(14-12-19)21(23)22-4;/h11-14H,5-10,15-18H2,1-4H3;1H/p+1. The first-order chi connectivity index (χ1) is 11.6. The summed E-state index contributed by atoms with van der Waals surface area (Å²) in [5, 5.41) is 2.70. The fourth-order valence-corrected chi connectivity index (χ4v) is 8.44. The molecule has 0 saturated carbocycles. The quantitative estimate of drug-likeness (QED) is 0.414. The zero-order valence-corrected chi connectivity index (χ0v) is 18.4. The van der Waals surface area contributed by atoms with Gasteiger partial charge in [0.15, 0.2) is 0 Å². The van der Waals surface area contributed by atoms with Crippen LogP contribution in [0, 0.1) is 0 Å². The van der Waals surface area contributed by atoms with Crippen LogP contribution in [0.25, 0.3) is 0 Å². The van der Waals surface area contributed by atoms with Crippen molar-refractivity contribution in [2.45, 2.75) is 65.5 Å². The number of unbranched alkanes of at least 4 members (excludes halogenated alkanes) is 3. The number of carbonyl (C=O) groups is 1. The Morgan fingerprint density at radius 3 is 1.68 bits per heavy atom. The molecule has 4 heteroatoms. The van der Waals surface area contributed by atoms with Crippen molar-refractivity contribution in [3.63, 3.8) is 0 Å². The van der Waals surface area contributed by atoms with Gasteiger partial charge in [0.2, 0.25) is 0 Å². The van der Waals surface area contributed by atoms with Crippen molar-refractivity contribution < 1.29 is 4.79 Å². The van der Waals surface area contributed by atoms with Gasteiger partial charge in [-0.2, -0.15) is 0 Å². The Hall–Kier alpha value is -0.590. The molecule has 25 heavy (non-hydrogen) atoms. The summed E-state index contributed by atoms with van der Waals surface area (Å²) in [5.41, 5.74) is 2.19. The highest BCUT2D eigenvalue weighted by Crippen LogP contribution is 2.63. The van der Waals surface area contributed by atoms with Crippen LogP contribution in [-0.4, -0.2) is 31.4 Å². The van der Waals surface area contributed by atoms with Crippen molar-refractivity contribution in [1.82, 2.24) is 5.32 Å². The van der Waals surface area contributed by atoms with E-state index in [1.54, 1.807) is 7.05 Å². The normalized spacial score (nSPS) is 11.0. The minimum atomic E-state index is -0.914. The van der Waals surface area contributed by atoms with E-state index in [1.807, 2.05) is 12.1 Å². The molecule has 0 aliphatic rings. The SMILES string of the molecule is CCCC[P+](CCCC)(CCCC)Cc1ccc(C(=O)NC)cc1.Cl. The monoisotopic (exact) mass is 386 g/mol. The van der Waals surface area contributed by atoms with Gasteiger partial charge in [0, 0.05) is 19.9 Å². The van der Waals surface area contributed by atoms with Gasteiger partial charge in [-0.25, -0.2) is 0 Å². The van der Waals surface area contributed by atoms with E-state index >= 15 is 0 Å². The Morgan fingerprint density at radius 1 is 0.880 bits per heavy atom. The van der Waals surface area contributed by atoms with E-state index in [1.165, 1.54) is 68.7 Å². The van der Waals surface area contributed by atoms with E-state index in [2.05, 4.69) is 38.2 Å². The maximum atomic E-state index is 11.7. The molecule has 1 N–H and O–H groups in total. The Kier molecular flexibility index (Phi) is 13.3. The molecule has 0 atom stereocenters. The van der Waals surface area contributed by atoms with Gasteiger partial charge in [0.1, 0.15) is 0 Å². The van der Waals surface area contributed by atoms with Gasteiger partial charge in [-0.1, -0.05) is 52.2 Å². The topological polar surface area (TPSA) is 29.1 Å². The van der Waals surface area contributed by atoms with Crippen LogP contribution in [0.4, 0.5) is 0 Å². The van der Waals surface area contributed by atoms with Gasteiger partial charge in [-0.05, 0) is 37.0 Å². The van der Waals surface area contributed by atoms with Crippen LogP contribution in [-0.2, 0) is 6.16 Å². The third kappa shape index (κ3) is 8.56. The van der Waals surface area contributed by atoms with E-state index in [4.69, 9.17) is 0 Å². The highest BCUT2D eigenvalue weighted by molar-refractivity contribution is 7.75. The molecular formula is C21H38ClNOP+. The predicted octanol–water partition coefficient (Wildman–Crippen LogP) is 6.39. The lowest BCUT2D eigenvalue weighted by atomic mass is 10.1. The molecule has 0 saturated heterocycles. The summed E-state index contributed by atoms with van der Waals surface area (Å²) in [5.74, 6) is 0.00515. The van der Waals surface area contributed by atoms with E-state index in [0.717, 1.165) is 5.56 Å². The Bertz CT molecular complexity index is 454. The smallest absolute Gasteiger partial charge is 0.251 e. The summed E-state index contributed by atoms with van der Waals surface area (Å²) in [6.07, 6.45) is 13.6. The average Bonchev–Trinajstić information content (AvgIpc) is 2.62. The van der Waals surface area contributed by atoms with E-state index in [-0.39, 0.29) is 18.3 Å². The number of hydrogen-bond donors (Lipinski definition) is 1. The zero-order valence-electron chi connectivity index (χ0n) is 16.6. The number of benzene rings is 1. The number of carbonyl (C=O) groups excluding carboxylic acids is 1. The van der Waals surface area contributed by atoms with E-state index in [0.29, 0.717) is 0 Å². The molecule has 1 aromatic rings. The first-order valence-corrected chi connectivity index (χ1v) is 12.3. The summed E-state index contributed by atoms with van der Waals surface area (Å²) in [6.45, 7) is 6.94. The fraction of sp³-hybridized carbons (Fsp3) is 0.667. The molecule has 0 bridgehead atoms. The number of rotatable bonds is 12. The Morgan fingerprint density at radius 2 is 1.32 bits per heavy atom. The molecule has 144 valence electrons. The number of hydrogen-bond acceptors (Lipinski definition) is 1. The van der Waals surface area contributed by atoms with Crippen molar-refractivity contribution >= 4 is 25.6 Å². The molecule has 0 spiro atoms. The largest absolute Gasteiger partial charge is 0.355 e. The molecule has 1 amide bonds. The van der Waals surface area contributed by atoms with Gasteiger partial charge in [-0.15, -0.1) is 12.4 Å². The lowest BCUT2D eigenvalue weighted by molar-refractivity contribution is 0.0963. The van der Waals surface area contributed by atoms with Gasteiger partial charge in [-0.3, -0.25) is 4.79 Å². The van der Waals surface area contributed by atoms with Crippen LogP contribution in [0.3, 0.4) is 0 Å². The molecule has 2 nitrogen and oxygen atoms in total. The summed E-state index contributed by atoms with van der Waals surface area (Å²) < 4.78 is 0. The van der Waals surface area contributed by atoms with Gasteiger partial charge in [0.05, 0.1) is 24.6 Å². The minimum absolute atomic E-state index is 0. The van der Waals surface area contributed by atoms with Crippen molar-refractivity contribution in [2.75, 3.05) is 25.5 Å². The summed E-state index contributed by atoms with van der Waals surface area (Å²) in [4.78, 5) is 11.7. The second-order valence-corrected chi connectivity index (χ2v) is 11.3. The highest BCUT2D eigenvalue weighted by atomic mass is 35.5. The summed E-state index contributed by atoms with van der Waals surface area (Å²) in [7, 11) is 0.774. The molecule has 0 aromatic heterocycles. The van der Waals surface area contributed by atoms with Crippen LogP contribution in [0.15, 0.2) is 24.3 Å². The molecular weight excluding hydrogens is 349 g/mol. The maximum Gasteiger partial charge on any atom is 0.251 e. The first kappa shape index (κ1) is 24.4. The Balaban J connectivity index is 0.00000576.